The maximum absolute atomic E-state index is 11.7. The van der Waals surface area contributed by atoms with Gasteiger partial charge in [-0.3, -0.25) is 4.79 Å². The van der Waals surface area contributed by atoms with Crippen molar-refractivity contribution < 1.29 is 9.53 Å². The molecule has 0 saturated carbocycles. The second-order valence-electron chi connectivity index (χ2n) is 4.13. The molecule has 0 aromatic heterocycles. The Balaban J connectivity index is 2.40. The molecule has 0 saturated heterocycles. The molecule has 1 N–H and O–H groups in total. The third-order valence-corrected chi connectivity index (χ3v) is 2.90. The summed E-state index contributed by atoms with van der Waals surface area (Å²) in [5, 5.41) is 5.01. The van der Waals surface area contributed by atoms with Gasteiger partial charge in [-0.25, -0.2) is 0 Å². The summed E-state index contributed by atoms with van der Waals surface area (Å²) in [7, 11) is 1.65. The number of benzene rings is 2. The minimum Gasteiger partial charge on any atom is -0.497 e. The first-order chi connectivity index (χ1) is 8.74. The molecular formula is C15H17NO2. The average molecular weight is 243 g/mol. The zero-order valence-corrected chi connectivity index (χ0v) is 10.7. The first-order valence-electron chi connectivity index (χ1n) is 6.07. The van der Waals surface area contributed by atoms with E-state index in [1.165, 1.54) is 0 Å². The maximum atomic E-state index is 11.7. The van der Waals surface area contributed by atoms with Gasteiger partial charge in [0.2, 0.25) is 5.91 Å². The van der Waals surface area contributed by atoms with Gasteiger partial charge in [0.25, 0.3) is 0 Å². The molecule has 0 aliphatic carbocycles. The van der Waals surface area contributed by atoms with Gasteiger partial charge >= 0.3 is 0 Å². The monoisotopic (exact) mass is 243 g/mol. The van der Waals surface area contributed by atoms with E-state index in [1.807, 2.05) is 43.3 Å². The topological polar surface area (TPSA) is 38.3 Å². The van der Waals surface area contributed by atoms with E-state index in [9.17, 15) is 4.79 Å². The van der Waals surface area contributed by atoms with Crippen molar-refractivity contribution in [2.75, 3.05) is 13.7 Å². The molecule has 0 radical (unpaired) electrons. The Labute approximate surface area is 107 Å². The lowest BCUT2D eigenvalue weighted by molar-refractivity contribution is -0.120. The van der Waals surface area contributed by atoms with Crippen LogP contribution in [0.3, 0.4) is 0 Å². The van der Waals surface area contributed by atoms with E-state index in [0.29, 0.717) is 13.0 Å². The zero-order chi connectivity index (χ0) is 13.0. The molecule has 1 amide bonds. The van der Waals surface area contributed by atoms with Crippen molar-refractivity contribution in [2.45, 2.75) is 13.3 Å². The number of methoxy groups -OCH3 is 1. The highest BCUT2D eigenvalue weighted by Gasteiger charge is 2.06. The van der Waals surface area contributed by atoms with E-state index in [2.05, 4.69) is 5.32 Å². The summed E-state index contributed by atoms with van der Waals surface area (Å²) in [5.41, 5.74) is 1.03. The molecule has 18 heavy (non-hydrogen) atoms. The van der Waals surface area contributed by atoms with Gasteiger partial charge in [-0.15, -0.1) is 0 Å². The lowest BCUT2D eigenvalue weighted by Crippen LogP contribution is -2.24. The first-order valence-corrected chi connectivity index (χ1v) is 6.07. The number of hydrogen-bond donors (Lipinski definition) is 1. The second-order valence-corrected chi connectivity index (χ2v) is 4.13. The summed E-state index contributed by atoms with van der Waals surface area (Å²) in [4.78, 5) is 11.7. The summed E-state index contributed by atoms with van der Waals surface area (Å²) >= 11 is 0. The van der Waals surface area contributed by atoms with Gasteiger partial charge in [0.15, 0.2) is 0 Å². The van der Waals surface area contributed by atoms with Crippen LogP contribution in [-0.4, -0.2) is 19.6 Å². The Morgan fingerprint density at radius 3 is 2.83 bits per heavy atom. The largest absolute Gasteiger partial charge is 0.497 e. The van der Waals surface area contributed by atoms with Crippen LogP contribution in [0.25, 0.3) is 10.8 Å². The highest BCUT2D eigenvalue weighted by Crippen LogP contribution is 2.24. The normalized spacial score (nSPS) is 10.3. The minimum atomic E-state index is 0.0489. The molecule has 0 fully saturated rings. The van der Waals surface area contributed by atoms with Crippen molar-refractivity contribution >= 4 is 16.7 Å². The van der Waals surface area contributed by atoms with Crippen LogP contribution in [0.5, 0.6) is 5.75 Å². The second kappa shape index (κ2) is 5.54. The van der Waals surface area contributed by atoms with Crippen molar-refractivity contribution in [3.05, 3.63) is 42.0 Å². The average Bonchev–Trinajstić information content (AvgIpc) is 2.39. The fourth-order valence-electron chi connectivity index (χ4n) is 2.03. The van der Waals surface area contributed by atoms with Crippen LogP contribution in [0.4, 0.5) is 0 Å². The van der Waals surface area contributed by atoms with Gasteiger partial charge in [0.1, 0.15) is 5.75 Å². The van der Waals surface area contributed by atoms with Crippen LogP contribution in [0, 0.1) is 0 Å². The first kappa shape index (κ1) is 12.4. The Morgan fingerprint density at radius 2 is 2.11 bits per heavy atom. The Kier molecular flexibility index (Phi) is 3.82. The van der Waals surface area contributed by atoms with E-state index in [-0.39, 0.29) is 5.91 Å². The minimum absolute atomic E-state index is 0.0489. The van der Waals surface area contributed by atoms with E-state index in [1.54, 1.807) is 7.11 Å². The molecule has 2 aromatic rings. The van der Waals surface area contributed by atoms with E-state index in [4.69, 9.17) is 4.74 Å². The van der Waals surface area contributed by atoms with Crippen LogP contribution < -0.4 is 10.1 Å². The van der Waals surface area contributed by atoms with Crippen molar-refractivity contribution in [3.63, 3.8) is 0 Å². The maximum Gasteiger partial charge on any atom is 0.224 e. The number of rotatable bonds is 4. The van der Waals surface area contributed by atoms with Crippen LogP contribution in [-0.2, 0) is 11.2 Å². The van der Waals surface area contributed by atoms with Gasteiger partial charge in [0.05, 0.1) is 13.5 Å². The molecule has 0 aliphatic rings. The summed E-state index contributed by atoms with van der Waals surface area (Å²) in [6, 6.07) is 11.9. The number of carbonyl (C=O) groups excluding carboxylic acids is 1. The predicted octanol–water partition coefficient (Wildman–Crippen LogP) is 2.53. The summed E-state index contributed by atoms with van der Waals surface area (Å²) in [6.07, 6.45) is 0.401. The molecule has 3 heteroatoms. The molecule has 2 rings (SSSR count). The number of fused-ring (bicyclic) bond motifs is 1. The molecule has 0 heterocycles. The van der Waals surface area contributed by atoms with Crippen molar-refractivity contribution in [3.8, 4) is 5.75 Å². The number of nitrogens with one attached hydrogen (secondary N) is 1. The quantitative estimate of drug-likeness (QED) is 0.896. The molecule has 0 aliphatic heterocycles. The highest BCUT2D eigenvalue weighted by molar-refractivity contribution is 5.91. The number of amides is 1. The van der Waals surface area contributed by atoms with E-state index in [0.717, 1.165) is 22.1 Å². The van der Waals surface area contributed by atoms with Crippen LogP contribution in [0.2, 0.25) is 0 Å². The van der Waals surface area contributed by atoms with Crippen molar-refractivity contribution in [1.82, 2.24) is 5.32 Å². The molecule has 2 aromatic carbocycles. The van der Waals surface area contributed by atoms with Gasteiger partial charge in [-0.2, -0.15) is 0 Å². The molecule has 3 nitrogen and oxygen atoms in total. The van der Waals surface area contributed by atoms with Gasteiger partial charge < -0.3 is 10.1 Å². The smallest absolute Gasteiger partial charge is 0.224 e. The van der Waals surface area contributed by atoms with Crippen molar-refractivity contribution in [1.29, 1.82) is 0 Å². The molecule has 0 atom stereocenters. The Morgan fingerprint density at radius 1 is 1.28 bits per heavy atom. The van der Waals surface area contributed by atoms with Gasteiger partial charge in [-0.1, -0.05) is 24.3 Å². The standard InChI is InChI=1S/C15H17NO2/c1-3-16-15(17)9-12-6-4-5-11-7-8-13(18-2)10-14(11)12/h4-8,10H,3,9H2,1-2H3,(H,16,17). The molecule has 94 valence electrons. The van der Waals surface area contributed by atoms with E-state index < -0.39 is 0 Å². The number of likely N-dealkylation sites (N-methyl/N-ethyl adjacent to an activating group) is 1. The third-order valence-electron chi connectivity index (χ3n) is 2.90. The molecule has 0 unspecified atom stereocenters. The summed E-state index contributed by atoms with van der Waals surface area (Å²) in [5.74, 6) is 0.860. The molecule has 0 spiro atoms. The Hall–Kier alpha value is -2.03. The number of hydrogen-bond acceptors (Lipinski definition) is 2. The molecular weight excluding hydrogens is 226 g/mol. The SMILES string of the molecule is CCNC(=O)Cc1cccc2ccc(OC)cc12. The third kappa shape index (κ3) is 2.62. The highest BCUT2D eigenvalue weighted by atomic mass is 16.5. The van der Waals surface area contributed by atoms with Crippen molar-refractivity contribution in [2.24, 2.45) is 0 Å². The van der Waals surface area contributed by atoms with Crippen LogP contribution in [0.15, 0.2) is 36.4 Å². The number of ether oxygens (including phenoxy) is 1. The van der Waals surface area contributed by atoms with Gasteiger partial charge in [0, 0.05) is 6.54 Å². The fraction of sp³-hybridized carbons (Fsp3) is 0.267. The lowest BCUT2D eigenvalue weighted by Gasteiger charge is -2.08. The summed E-state index contributed by atoms with van der Waals surface area (Å²) in [6.45, 7) is 2.58. The zero-order valence-electron chi connectivity index (χ0n) is 10.7. The lowest BCUT2D eigenvalue weighted by atomic mass is 10.0. The fourth-order valence-corrected chi connectivity index (χ4v) is 2.03. The summed E-state index contributed by atoms with van der Waals surface area (Å²) < 4.78 is 5.23. The number of carbonyl (C=O) groups is 1. The molecule has 0 bridgehead atoms. The van der Waals surface area contributed by atoms with Crippen LogP contribution in [0.1, 0.15) is 12.5 Å². The predicted molar refractivity (Wildman–Crippen MR) is 72.9 cm³/mol. The van der Waals surface area contributed by atoms with Crippen LogP contribution >= 0.6 is 0 Å². The van der Waals surface area contributed by atoms with E-state index >= 15 is 0 Å². The Bertz CT molecular complexity index is 563. The van der Waals surface area contributed by atoms with Gasteiger partial charge in [-0.05, 0) is 35.4 Å².